The molecule has 0 spiro atoms. The summed E-state index contributed by atoms with van der Waals surface area (Å²) < 4.78 is 17.4. The molecule has 0 radical (unpaired) electrons. The summed E-state index contributed by atoms with van der Waals surface area (Å²) in [6.45, 7) is 4.31. The van der Waals surface area contributed by atoms with Crippen LogP contribution in [0.4, 0.5) is 0 Å². The smallest absolute Gasteiger partial charge is 0.329 e. The average Bonchev–Trinajstić information content (AvgIpc) is 2.99. The van der Waals surface area contributed by atoms with Crippen LogP contribution in [0.15, 0.2) is 12.2 Å². The number of carbonyl (C=O) groups is 1. The largest absolute Gasteiger partial charge is 0.387 e. The highest BCUT2D eigenvalue weighted by Crippen LogP contribution is 2.41. The number of allylic oxidation sites excluding steroid dienone is 1. The Labute approximate surface area is 272 Å². The molecular weight excluding hydrogens is 571 g/mol. The van der Waals surface area contributed by atoms with E-state index in [1.807, 2.05) is 6.08 Å². The SMILES string of the molecule is CCCCCCCCCCCCC/C=C\[C@H](O)[C@@H](COP(=O)(O)CCN)NC(=O)CCCCCCCCCCCCCCC. The molecule has 0 aliphatic carbocycles. The van der Waals surface area contributed by atoms with Crippen LogP contribution in [0.5, 0.6) is 0 Å². The topological polar surface area (TPSA) is 122 Å². The highest BCUT2D eigenvalue weighted by molar-refractivity contribution is 7.52. The van der Waals surface area contributed by atoms with E-state index in [0.29, 0.717) is 6.42 Å². The molecule has 0 bridgehead atoms. The van der Waals surface area contributed by atoms with E-state index in [2.05, 4.69) is 19.2 Å². The van der Waals surface area contributed by atoms with Crippen molar-refractivity contribution in [2.24, 2.45) is 5.73 Å². The molecule has 0 saturated carbocycles. The zero-order valence-electron chi connectivity index (χ0n) is 29.0. The number of hydrogen-bond donors (Lipinski definition) is 4. The lowest BCUT2D eigenvalue weighted by molar-refractivity contribution is -0.122. The van der Waals surface area contributed by atoms with Gasteiger partial charge in [0.15, 0.2) is 0 Å². The molecule has 0 fully saturated rings. The molecule has 1 amide bonds. The minimum absolute atomic E-state index is 0.0330. The van der Waals surface area contributed by atoms with Gasteiger partial charge in [-0.1, -0.05) is 167 Å². The Morgan fingerprint density at radius 1 is 0.727 bits per heavy atom. The first-order valence-corrected chi connectivity index (χ1v) is 20.4. The first-order valence-electron chi connectivity index (χ1n) is 18.7. The fraction of sp³-hybridized carbons (Fsp3) is 0.917. The molecule has 0 aromatic carbocycles. The van der Waals surface area contributed by atoms with E-state index in [9.17, 15) is 19.4 Å². The summed E-state index contributed by atoms with van der Waals surface area (Å²) in [5, 5.41) is 13.6. The third-order valence-corrected chi connectivity index (χ3v) is 9.82. The molecule has 0 aliphatic heterocycles. The fourth-order valence-electron chi connectivity index (χ4n) is 5.53. The lowest BCUT2D eigenvalue weighted by Crippen LogP contribution is -2.45. The Morgan fingerprint density at radius 2 is 1.14 bits per heavy atom. The van der Waals surface area contributed by atoms with Gasteiger partial charge in [-0.25, -0.2) is 0 Å². The number of unbranched alkanes of at least 4 members (excludes halogenated alkanes) is 23. The van der Waals surface area contributed by atoms with Gasteiger partial charge >= 0.3 is 7.60 Å². The number of rotatable bonds is 34. The predicted molar refractivity (Wildman–Crippen MR) is 188 cm³/mol. The minimum Gasteiger partial charge on any atom is -0.387 e. The van der Waals surface area contributed by atoms with Gasteiger partial charge in [0.2, 0.25) is 5.91 Å². The van der Waals surface area contributed by atoms with E-state index < -0.39 is 19.7 Å². The van der Waals surface area contributed by atoms with Crippen LogP contribution in [0.25, 0.3) is 0 Å². The van der Waals surface area contributed by atoms with Crippen molar-refractivity contribution in [1.82, 2.24) is 5.32 Å². The van der Waals surface area contributed by atoms with Crippen LogP contribution < -0.4 is 11.1 Å². The first-order chi connectivity index (χ1) is 21.4. The highest BCUT2D eigenvalue weighted by Gasteiger charge is 2.25. The van der Waals surface area contributed by atoms with E-state index in [-0.39, 0.29) is 25.2 Å². The number of nitrogens with two attached hydrogens (primary N) is 1. The quantitative estimate of drug-likeness (QED) is 0.0314. The summed E-state index contributed by atoms with van der Waals surface area (Å²) in [5.41, 5.74) is 5.42. The van der Waals surface area contributed by atoms with Gasteiger partial charge in [-0.2, -0.15) is 0 Å². The van der Waals surface area contributed by atoms with Gasteiger partial charge in [0.05, 0.1) is 24.9 Å². The predicted octanol–water partition coefficient (Wildman–Crippen LogP) is 9.73. The molecule has 0 aliphatic rings. The average molecular weight is 645 g/mol. The molecule has 8 heteroatoms. The molecule has 0 aromatic rings. The van der Waals surface area contributed by atoms with Crippen molar-refractivity contribution in [3.8, 4) is 0 Å². The lowest BCUT2D eigenvalue weighted by Gasteiger charge is -2.23. The number of amides is 1. The van der Waals surface area contributed by atoms with E-state index >= 15 is 0 Å². The van der Waals surface area contributed by atoms with E-state index in [1.54, 1.807) is 6.08 Å². The molecule has 0 saturated heterocycles. The Kier molecular flexibility index (Phi) is 31.7. The Morgan fingerprint density at radius 3 is 1.57 bits per heavy atom. The second-order valence-corrected chi connectivity index (χ2v) is 14.8. The maximum Gasteiger partial charge on any atom is 0.329 e. The molecule has 0 heterocycles. The molecule has 7 nitrogen and oxygen atoms in total. The zero-order chi connectivity index (χ0) is 32.6. The third-order valence-electron chi connectivity index (χ3n) is 8.44. The monoisotopic (exact) mass is 645 g/mol. The van der Waals surface area contributed by atoms with Gasteiger partial charge in [-0.15, -0.1) is 0 Å². The Bertz CT molecular complexity index is 706. The van der Waals surface area contributed by atoms with E-state index in [1.165, 1.54) is 128 Å². The van der Waals surface area contributed by atoms with Crippen LogP contribution in [0.2, 0.25) is 0 Å². The van der Waals surface area contributed by atoms with Crippen LogP contribution >= 0.6 is 7.60 Å². The van der Waals surface area contributed by atoms with Crippen LogP contribution in [0.3, 0.4) is 0 Å². The van der Waals surface area contributed by atoms with Gasteiger partial charge in [-0.3, -0.25) is 9.36 Å². The second kappa shape index (κ2) is 32.2. The van der Waals surface area contributed by atoms with Gasteiger partial charge < -0.3 is 25.6 Å². The van der Waals surface area contributed by atoms with Crippen molar-refractivity contribution in [2.75, 3.05) is 19.3 Å². The summed E-state index contributed by atoms with van der Waals surface area (Å²) in [7, 11) is -3.85. The van der Waals surface area contributed by atoms with Crippen molar-refractivity contribution in [3.63, 3.8) is 0 Å². The summed E-state index contributed by atoms with van der Waals surface area (Å²) in [4.78, 5) is 22.6. The van der Waals surface area contributed by atoms with Crippen molar-refractivity contribution in [1.29, 1.82) is 0 Å². The van der Waals surface area contributed by atoms with Gasteiger partial charge in [0, 0.05) is 13.0 Å². The lowest BCUT2D eigenvalue weighted by atomic mass is 10.0. The number of carbonyl (C=O) groups excluding carboxylic acids is 1. The highest BCUT2D eigenvalue weighted by atomic mass is 31.2. The van der Waals surface area contributed by atoms with Gasteiger partial charge in [0.1, 0.15) is 0 Å². The number of aliphatic hydroxyl groups excluding tert-OH is 1. The van der Waals surface area contributed by atoms with Gasteiger partial charge in [-0.05, 0) is 19.3 Å². The second-order valence-electron chi connectivity index (χ2n) is 12.9. The maximum atomic E-state index is 12.6. The Balaban J connectivity index is 4.24. The maximum absolute atomic E-state index is 12.6. The first kappa shape index (κ1) is 43.3. The van der Waals surface area contributed by atoms with Crippen molar-refractivity contribution in [3.05, 3.63) is 12.2 Å². The fourth-order valence-corrected chi connectivity index (χ4v) is 6.38. The van der Waals surface area contributed by atoms with Crippen molar-refractivity contribution < 1.29 is 23.9 Å². The van der Waals surface area contributed by atoms with E-state index in [4.69, 9.17) is 10.3 Å². The van der Waals surface area contributed by atoms with E-state index in [0.717, 1.165) is 32.1 Å². The molecule has 262 valence electrons. The normalized spacial score (nSPS) is 14.6. The van der Waals surface area contributed by atoms with Crippen LogP contribution in [0, 0.1) is 0 Å². The van der Waals surface area contributed by atoms with Gasteiger partial charge in [0.25, 0.3) is 0 Å². The summed E-state index contributed by atoms with van der Waals surface area (Å²) in [6.07, 6.45) is 34.1. The number of aliphatic hydroxyl groups is 1. The minimum atomic E-state index is -3.85. The summed E-state index contributed by atoms with van der Waals surface area (Å²) >= 11 is 0. The number of hydrogen-bond acceptors (Lipinski definition) is 5. The summed E-state index contributed by atoms with van der Waals surface area (Å²) in [5.74, 6) is -0.161. The van der Waals surface area contributed by atoms with Crippen LogP contribution in [-0.2, 0) is 13.9 Å². The number of nitrogens with one attached hydrogen (secondary N) is 1. The Hall–Kier alpha value is -0.720. The van der Waals surface area contributed by atoms with Crippen molar-refractivity contribution in [2.45, 2.75) is 193 Å². The third kappa shape index (κ3) is 30.0. The van der Waals surface area contributed by atoms with Crippen molar-refractivity contribution >= 4 is 13.5 Å². The molecular formula is C36H73N2O5P. The molecule has 5 N–H and O–H groups in total. The molecule has 44 heavy (non-hydrogen) atoms. The summed E-state index contributed by atoms with van der Waals surface area (Å²) in [6, 6.07) is -0.781. The van der Waals surface area contributed by atoms with Crippen LogP contribution in [0.1, 0.15) is 181 Å². The zero-order valence-corrected chi connectivity index (χ0v) is 29.9. The molecule has 1 unspecified atom stereocenters. The standard InChI is InChI=1S/C36H73N2O5P/c1-3-5-7-9-11-13-15-17-19-21-23-25-27-29-35(39)34(33-43-44(41,42)32-31-37)38-36(40)30-28-26-24-22-20-18-16-14-12-10-8-6-4-2/h27,29,34-35,39H,3-26,28,30-33,37H2,1-2H3,(H,38,40)(H,41,42)/b29-27-/t34-,35+/m1/s1. The molecule has 0 rings (SSSR count). The molecule has 0 aromatic heterocycles. The molecule has 3 atom stereocenters. The van der Waals surface area contributed by atoms with Crippen LogP contribution in [-0.4, -0.2) is 47.4 Å².